The van der Waals surface area contributed by atoms with Crippen LogP contribution in [0.25, 0.3) is 261 Å². The van der Waals surface area contributed by atoms with E-state index < -0.39 is 0 Å². The molecule has 0 spiro atoms. The maximum Gasteiger partial charge on any atom is 0.0813 e. The molecular weight excluding hydrogens is 1790 g/mol. The summed E-state index contributed by atoms with van der Waals surface area (Å²) in [5, 5.41) is 20.4. The van der Waals surface area contributed by atoms with Crippen LogP contribution in [0.5, 0.6) is 0 Å². The molecular formula is C124H76N12S4. The van der Waals surface area contributed by atoms with Crippen LogP contribution in [-0.4, -0.2) is 56.5 Å². The van der Waals surface area contributed by atoms with Crippen LogP contribution < -0.4 is 0 Å². The third-order valence-corrected chi connectivity index (χ3v) is 31.4. The smallest absolute Gasteiger partial charge is 0.0813 e. The van der Waals surface area contributed by atoms with Gasteiger partial charge in [0, 0.05) is 132 Å². The average molecular weight is 1860 g/mol. The molecule has 0 saturated carbocycles. The van der Waals surface area contributed by atoms with Gasteiger partial charge in [-0.25, -0.2) is 19.9 Å². The van der Waals surface area contributed by atoms with Gasteiger partial charge in [-0.15, -0.1) is 45.3 Å². The van der Waals surface area contributed by atoms with Crippen LogP contribution in [-0.2, 0) is 0 Å². The minimum absolute atomic E-state index is 1.05. The van der Waals surface area contributed by atoms with Gasteiger partial charge in [0.25, 0.3) is 0 Å². The fraction of sp³-hybridized carbons (Fsp3) is 0. The highest BCUT2D eigenvalue weighted by atomic mass is 32.1. The van der Waals surface area contributed by atoms with Gasteiger partial charge in [0.1, 0.15) is 0 Å². The number of hydrogen-bond acceptors (Lipinski definition) is 8. The lowest BCUT2D eigenvalue weighted by Gasteiger charge is -2.10. The van der Waals surface area contributed by atoms with Gasteiger partial charge in [-0.1, -0.05) is 231 Å². The molecule has 12 nitrogen and oxygen atoms in total. The van der Waals surface area contributed by atoms with E-state index in [-0.39, 0.29) is 0 Å². The Balaban J connectivity index is 0.0000000896. The monoisotopic (exact) mass is 1860 g/mol. The van der Waals surface area contributed by atoms with E-state index in [1.54, 1.807) is 45.3 Å². The number of thiazole rings is 4. The first-order valence-electron chi connectivity index (χ1n) is 46.9. The van der Waals surface area contributed by atoms with Crippen molar-refractivity contribution in [1.29, 1.82) is 0 Å². The lowest BCUT2D eigenvalue weighted by Crippen LogP contribution is -1.95. The summed E-state index contributed by atoms with van der Waals surface area (Å²) in [6.07, 6.45) is 0. The Kier molecular flexibility index (Phi) is 18.2. The second-order valence-corrected chi connectivity index (χ2v) is 39.2. The van der Waals surface area contributed by atoms with Crippen LogP contribution in [0.4, 0.5) is 0 Å². The molecule has 0 unspecified atom stereocenters. The van der Waals surface area contributed by atoms with Crippen LogP contribution >= 0.6 is 45.3 Å². The summed E-state index contributed by atoms with van der Waals surface area (Å²) in [7, 11) is 0. The molecule has 32 rings (SSSR count). The predicted molar refractivity (Wildman–Crippen MR) is 593 cm³/mol. The maximum atomic E-state index is 4.50. The Bertz CT molecular complexity index is 10500. The fourth-order valence-corrected chi connectivity index (χ4v) is 25.3. The third kappa shape index (κ3) is 12.3. The van der Waals surface area contributed by atoms with E-state index in [1.165, 1.54) is 222 Å². The molecule has 0 amide bonds. The van der Waals surface area contributed by atoms with Crippen molar-refractivity contribution in [1.82, 2.24) is 56.5 Å². The van der Waals surface area contributed by atoms with Gasteiger partial charge in [-0.05, 0) is 206 Å². The third-order valence-electron chi connectivity index (χ3n) is 28.2. The van der Waals surface area contributed by atoms with Crippen molar-refractivity contribution in [3.63, 3.8) is 0 Å². The van der Waals surface area contributed by atoms with Crippen molar-refractivity contribution in [3.05, 3.63) is 459 Å². The van der Waals surface area contributed by atoms with E-state index in [4.69, 9.17) is 0 Å². The van der Waals surface area contributed by atoms with Crippen molar-refractivity contribution in [3.8, 4) is 45.5 Å². The Hall–Kier alpha value is -17.6. The second-order valence-electron chi connectivity index (χ2n) is 35.6. The standard InChI is InChI=1S/4C31H19N3S/c1-2-8-20(9-3-1)34-26-12-6-4-10-22(26)23-15-17-28-30(31(23)34)24-11-5-7-13-27(24)33(28)21-14-16-25-29(18-21)35-19-32-25;1-2-8-20(9-3-1)33-27-13-7-5-11-24(27)30-28(33)17-15-23-22-10-4-6-12-26(22)34(31(23)30)21-14-16-25-29(18-21)35-19-32-25;1-2-8-20(9-3-1)33-27-12-6-4-10-22(27)24-17-25-23-11-5-7-13-28(23)34(30(25)18-29(24)33)21-14-15-26-31(16-21)35-19-32-26;1-2-8-20(9-3-1)33-25-12-6-4-10-22(25)30-27(33)16-17-28-31(30)23-11-5-7-13-26(23)34(28)21-14-15-24-29(18-21)35-19-32-24/h4*1-19H. The molecule has 0 N–H and O–H groups in total. The van der Waals surface area contributed by atoms with Gasteiger partial charge >= 0.3 is 0 Å². The molecule has 0 bridgehead atoms. The van der Waals surface area contributed by atoms with Crippen molar-refractivity contribution in [2.24, 2.45) is 0 Å². The summed E-state index contributed by atoms with van der Waals surface area (Å²) >= 11 is 6.75. The van der Waals surface area contributed by atoms with Gasteiger partial charge in [0.05, 0.1) is 151 Å². The molecule has 0 atom stereocenters. The number of nitrogens with zero attached hydrogens (tertiary/aromatic N) is 12. The molecule has 656 valence electrons. The predicted octanol–water partition coefficient (Wildman–Crippen LogP) is 34.0. The summed E-state index contributed by atoms with van der Waals surface area (Å²) in [5.74, 6) is 0. The van der Waals surface area contributed by atoms with E-state index >= 15 is 0 Å². The van der Waals surface area contributed by atoms with Gasteiger partial charge in [0.2, 0.25) is 0 Å². The lowest BCUT2D eigenvalue weighted by atomic mass is 10.1. The SMILES string of the molecule is c1ccc(-n2c3ccccc3c3c2ccc2c4ccccc4n(-c4ccc5ncsc5c4)c23)cc1.c1ccc(-n2c3ccccc3c3c4c5ccccc5n(-c5ccc6ncsc6c5)c4ccc32)cc1.c1ccc(-n2c3ccccc3c3cc4c5ccccc5n(-c5ccc6ncsc6c5)c4cc32)cc1.c1ccc(-n2c3ccccc3c3ccc4c(c5ccccc5n4-c4ccc5ncsc5c4)c32)cc1. The number of para-hydroxylation sites is 12. The minimum atomic E-state index is 1.05. The molecule has 32 aromatic rings. The Morgan fingerprint density at radius 1 is 0.136 bits per heavy atom. The van der Waals surface area contributed by atoms with Gasteiger partial charge in [-0.2, -0.15) is 0 Å². The van der Waals surface area contributed by atoms with Crippen molar-refractivity contribution in [2.45, 2.75) is 0 Å². The molecule has 20 aromatic carbocycles. The van der Waals surface area contributed by atoms with Crippen molar-refractivity contribution >= 4 is 261 Å². The highest BCUT2D eigenvalue weighted by molar-refractivity contribution is 7.17. The van der Waals surface area contributed by atoms with E-state index in [9.17, 15) is 0 Å². The first-order valence-corrected chi connectivity index (χ1v) is 50.4. The van der Waals surface area contributed by atoms with Crippen LogP contribution in [0.2, 0.25) is 0 Å². The summed E-state index contributed by atoms with van der Waals surface area (Å²) in [6.45, 7) is 0. The van der Waals surface area contributed by atoms with Crippen LogP contribution in [0, 0.1) is 0 Å². The van der Waals surface area contributed by atoms with Gasteiger partial charge in [0.15, 0.2) is 0 Å². The summed E-state index contributed by atoms with van der Waals surface area (Å²) in [5.41, 5.74) is 40.8. The first kappa shape index (κ1) is 79.7. The van der Waals surface area contributed by atoms with E-state index in [0.717, 1.165) is 39.1 Å². The number of benzene rings is 20. The molecule has 16 heteroatoms. The Morgan fingerprint density at radius 2 is 0.357 bits per heavy atom. The zero-order valence-corrected chi connectivity index (χ0v) is 78.1. The molecule has 0 aliphatic carbocycles. The number of fused-ring (bicyclic) bond motifs is 31. The highest BCUT2D eigenvalue weighted by Crippen LogP contribution is 2.49. The Morgan fingerprint density at radius 3 is 0.686 bits per heavy atom. The first-order chi connectivity index (χ1) is 69.5. The summed E-state index contributed by atoms with van der Waals surface area (Å²) < 4.78 is 24.0. The molecule has 0 aliphatic heterocycles. The van der Waals surface area contributed by atoms with Gasteiger partial charge < -0.3 is 36.5 Å². The van der Waals surface area contributed by atoms with Crippen LogP contribution in [0.1, 0.15) is 0 Å². The minimum Gasteiger partial charge on any atom is -0.309 e. The number of hydrogen-bond donors (Lipinski definition) is 0. The zero-order chi connectivity index (χ0) is 91.7. The topological polar surface area (TPSA) is 91.0 Å². The quantitative estimate of drug-likeness (QED) is 0.152. The van der Waals surface area contributed by atoms with E-state index in [2.05, 4.69) is 493 Å². The molecule has 12 heterocycles. The molecule has 0 fully saturated rings. The largest absolute Gasteiger partial charge is 0.309 e. The molecule has 140 heavy (non-hydrogen) atoms. The summed E-state index contributed by atoms with van der Waals surface area (Å²) in [4.78, 5) is 17.9. The van der Waals surface area contributed by atoms with Crippen LogP contribution in [0.3, 0.4) is 0 Å². The Labute approximate surface area is 815 Å². The van der Waals surface area contributed by atoms with Crippen LogP contribution in [0.15, 0.2) is 459 Å². The van der Waals surface area contributed by atoms with E-state index in [1.807, 2.05) is 22.0 Å². The normalized spacial score (nSPS) is 12.0. The van der Waals surface area contributed by atoms with Crippen molar-refractivity contribution in [2.75, 3.05) is 0 Å². The summed E-state index contributed by atoms with van der Waals surface area (Å²) in [6, 6.07) is 157. The number of aromatic nitrogens is 12. The number of rotatable bonds is 8. The van der Waals surface area contributed by atoms with Gasteiger partial charge in [-0.3, -0.25) is 0 Å². The molecule has 0 aliphatic rings. The molecule has 0 saturated heterocycles. The van der Waals surface area contributed by atoms with E-state index in [0.29, 0.717) is 0 Å². The fourth-order valence-electron chi connectivity index (χ4n) is 22.4. The average Bonchev–Trinajstić information content (AvgIpc) is 1.56. The second kappa shape index (κ2) is 32.0. The molecule has 12 aromatic heterocycles. The highest BCUT2D eigenvalue weighted by Gasteiger charge is 2.27. The zero-order valence-electron chi connectivity index (χ0n) is 74.9. The molecule has 0 radical (unpaired) electrons. The maximum absolute atomic E-state index is 4.50. The van der Waals surface area contributed by atoms with Crippen molar-refractivity contribution < 1.29 is 0 Å². The lowest BCUT2D eigenvalue weighted by molar-refractivity contribution is 1.17.